The Morgan fingerprint density at radius 2 is 1.97 bits per heavy atom. The normalized spacial score (nSPS) is 19.4. The predicted octanol–water partition coefficient (Wildman–Crippen LogP) is 5.04. The van der Waals surface area contributed by atoms with Gasteiger partial charge in [0.05, 0.1) is 24.9 Å². The molecule has 1 unspecified atom stereocenters. The molecule has 0 saturated carbocycles. The van der Waals surface area contributed by atoms with E-state index in [1.54, 1.807) is 6.07 Å². The smallest absolute Gasteiger partial charge is 0.425 e. The lowest BCUT2D eigenvalue weighted by Crippen LogP contribution is -2.39. The Kier molecular flexibility index (Phi) is 3.88. The van der Waals surface area contributed by atoms with Crippen molar-refractivity contribution in [1.82, 2.24) is 4.98 Å². The Labute approximate surface area is 171 Å². The number of ether oxygens (including phenoxy) is 2. The zero-order valence-electron chi connectivity index (χ0n) is 15.3. The van der Waals surface area contributed by atoms with Gasteiger partial charge in [-0.05, 0) is 30.3 Å². The first-order chi connectivity index (χ1) is 14.2. The number of rotatable bonds is 3. The molecule has 2 aliphatic heterocycles. The molecular weight excluding hydrogens is 424 g/mol. The monoisotopic (exact) mass is 436 g/mol. The van der Waals surface area contributed by atoms with Crippen LogP contribution in [0, 0.1) is 0 Å². The number of anilines is 1. The number of alkyl halides is 4. The Bertz CT molecular complexity index is 1190. The van der Waals surface area contributed by atoms with Crippen LogP contribution >= 0.6 is 11.3 Å². The molecule has 5 nitrogen and oxygen atoms in total. The highest BCUT2D eigenvalue weighted by Gasteiger charge is 2.59. The van der Waals surface area contributed by atoms with Crippen LogP contribution in [0.1, 0.15) is 21.0 Å². The van der Waals surface area contributed by atoms with E-state index >= 15 is 4.39 Å². The maximum atomic E-state index is 16.4. The van der Waals surface area contributed by atoms with Gasteiger partial charge in [0.15, 0.2) is 5.75 Å². The molecule has 2 aliphatic rings. The molecule has 1 aromatic carbocycles. The van der Waals surface area contributed by atoms with E-state index in [0.29, 0.717) is 11.3 Å². The zero-order valence-corrected chi connectivity index (χ0v) is 16.1. The fourth-order valence-corrected chi connectivity index (χ4v) is 4.58. The van der Waals surface area contributed by atoms with Crippen LogP contribution in [-0.4, -0.2) is 18.0 Å². The molecule has 0 bridgehead atoms. The number of benzene rings is 1. The van der Waals surface area contributed by atoms with Crippen LogP contribution in [0.3, 0.4) is 0 Å². The SMILES string of the molecule is COc1ccc2c(n1)C1(F)C(=O)N(Cc3ccc(C(F)(F)F)s3)c3cccc(c31)O2. The van der Waals surface area contributed by atoms with Crippen molar-refractivity contribution >= 4 is 22.9 Å². The summed E-state index contributed by atoms with van der Waals surface area (Å²) in [5.74, 6) is -0.590. The molecule has 30 heavy (non-hydrogen) atoms. The van der Waals surface area contributed by atoms with Crippen molar-refractivity contribution < 1.29 is 31.8 Å². The third-order valence-electron chi connectivity index (χ3n) is 5.02. The topological polar surface area (TPSA) is 51.7 Å². The highest BCUT2D eigenvalue weighted by atomic mass is 32.1. The molecule has 1 amide bonds. The Balaban J connectivity index is 1.62. The van der Waals surface area contributed by atoms with Gasteiger partial charge in [0, 0.05) is 10.9 Å². The fourth-order valence-electron chi connectivity index (χ4n) is 3.72. The lowest BCUT2D eigenvalue weighted by Gasteiger charge is -2.27. The third-order valence-corrected chi connectivity index (χ3v) is 6.14. The van der Waals surface area contributed by atoms with Crippen LogP contribution in [0.5, 0.6) is 17.4 Å². The predicted molar refractivity (Wildman–Crippen MR) is 99.7 cm³/mol. The summed E-state index contributed by atoms with van der Waals surface area (Å²) in [7, 11) is 1.36. The largest absolute Gasteiger partial charge is 0.481 e. The van der Waals surface area contributed by atoms with E-state index in [2.05, 4.69) is 4.98 Å². The minimum atomic E-state index is -4.48. The van der Waals surface area contributed by atoms with Crippen LogP contribution < -0.4 is 14.4 Å². The first-order valence-electron chi connectivity index (χ1n) is 8.77. The number of carbonyl (C=O) groups is 1. The fraction of sp³-hybridized carbons (Fsp3) is 0.200. The van der Waals surface area contributed by atoms with E-state index in [1.807, 2.05) is 0 Å². The van der Waals surface area contributed by atoms with Gasteiger partial charge in [0.25, 0.3) is 11.6 Å². The van der Waals surface area contributed by atoms with Crippen molar-refractivity contribution in [3.63, 3.8) is 0 Å². The number of halogens is 4. The van der Waals surface area contributed by atoms with Gasteiger partial charge in [-0.15, -0.1) is 11.3 Å². The first-order valence-corrected chi connectivity index (χ1v) is 9.59. The highest BCUT2D eigenvalue weighted by Crippen LogP contribution is 2.57. The van der Waals surface area contributed by atoms with Crippen molar-refractivity contribution in [3.05, 3.63) is 63.5 Å². The van der Waals surface area contributed by atoms with Gasteiger partial charge in [0.1, 0.15) is 16.3 Å². The van der Waals surface area contributed by atoms with E-state index in [-0.39, 0.29) is 45.7 Å². The average molecular weight is 436 g/mol. The second kappa shape index (κ2) is 6.18. The molecule has 5 rings (SSSR count). The van der Waals surface area contributed by atoms with Gasteiger partial charge in [0.2, 0.25) is 5.88 Å². The molecule has 2 aromatic heterocycles. The third kappa shape index (κ3) is 2.53. The molecule has 10 heteroatoms. The lowest BCUT2D eigenvalue weighted by atomic mass is 9.90. The summed E-state index contributed by atoms with van der Waals surface area (Å²) in [5, 5.41) is 0. The molecular formula is C20H12F4N2O3S. The van der Waals surface area contributed by atoms with Gasteiger partial charge in [-0.1, -0.05) is 6.07 Å². The summed E-state index contributed by atoms with van der Waals surface area (Å²) < 4.78 is 66.0. The van der Waals surface area contributed by atoms with Crippen LogP contribution in [0.15, 0.2) is 42.5 Å². The first kappa shape index (κ1) is 18.9. The maximum Gasteiger partial charge on any atom is 0.425 e. The zero-order chi connectivity index (χ0) is 21.3. The van der Waals surface area contributed by atoms with Gasteiger partial charge < -0.3 is 14.4 Å². The second-order valence-corrected chi connectivity index (χ2v) is 7.93. The van der Waals surface area contributed by atoms with E-state index in [4.69, 9.17) is 9.47 Å². The van der Waals surface area contributed by atoms with Crippen LogP contribution in [0.2, 0.25) is 0 Å². The minimum absolute atomic E-state index is 0.00384. The van der Waals surface area contributed by atoms with Crippen LogP contribution in [0.4, 0.5) is 23.2 Å². The summed E-state index contributed by atoms with van der Waals surface area (Å²) >= 11 is 0.514. The van der Waals surface area contributed by atoms with Crippen LogP contribution in [0.25, 0.3) is 0 Å². The molecule has 1 atom stereocenters. The van der Waals surface area contributed by atoms with Crippen LogP contribution in [-0.2, 0) is 23.2 Å². The number of hydrogen-bond donors (Lipinski definition) is 0. The summed E-state index contributed by atoms with van der Waals surface area (Å²) in [5.41, 5.74) is -2.64. The molecule has 0 N–H and O–H groups in total. The number of carbonyl (C=O) groups excluding carboxylic acids is 1. The second-order valence-electron chi connectivity index (χ2n) is 6.77. The number of methoxy groups -OCH3 is 1. The number of thiophene rings is 1. The van der Waals surface area contributed by atoms with E-state index in [0.717, 1.165) is 11.0 Å². The standard InChI is InChI=1S/C20H12F4N2O3S/c1-28-15-8-6-13-17(25-15)19(21)16-11(3-2-4-12(16)29-13)26(18(19)27)9-10-5-7-14(30-10)20(22,23)24/h2-8H,9H2,1H3. The maximum absolute atomic E-state index is 16.4. The minimum Gasteiger partial charge on any atom is -0.481 e. The van der Waals surface area contributed by atoms with E-state index < -0.39 is 22.6 Å². The van der Waals surface area contributed by atoms with Crippen molar-refractivity contribution in [2.75, 3.05) is 12.0 Å². The van der Waals surface area contributed by atoms with Crippen molar-refractivity contribution in [3.8, 4) is 17.4 Å². The van der Waals surface area contributed by atoms with Gasteiger partial charge in [-0.2, -0.15) is 13.2 Å². The number of pyridine rings is 1. The quantitative estimate of drug-likeness (QED) is 0.540. The molecule has 4 heterocycles. The van der Waals surface area contributed by atoms with E-state index in [1.165, 1.54) is 37.4 Å². The molecule has 0 saturated heterocycles. The van der Waals surface area contributed by atoms with Crippen molar-refractivity contribution in [2.45, 2.75) is 18.4 Å². The Morgan fingerprint density at radius 1 is 1.17 bits per heavy atom. The molecule has 0 radical (unpaired) electrons. The number of amides is 1. The number of nitrogens with zero attached hydrogens (tertiary/aromatic N) is 2. The Hall–Kier alpha value is -3.14. The molecule has 0 aliphatic carbocycles. The van der Waals surface area contributed by atoms with Gasteiger partial charge >= 0.3 is 6.18 Å². The summed E-state index contributed by atoms with van der Waals surface area (Å²) in [4.78, 5) is 18.0. The van der Waals surface area contributed by atoms with Gasteiger partial charge in [-0.3, -0.25) is 4.79 Å². The average Bonchev–Trinajstić information content (AvgIpc) is 3.27. The number of hydrogen-bond acceptors (Lipinski definition) is 5. The molecule has 0 spiro atoms. The molecule has 0 fully saturated rings. The number of aromatic nitrogens is 1. The van der Waals surface area contributed by atoms with Crippen molar-refractivity contribution in [1.29, 1.82) is 0 Å². The Morgan fingerprint density at radius 3 is 2.67 bits per heavy atom. The van der Waals surface area contributed by atoms with Gasteiger partial charge in [-0.25, -0.2) is 9.37 Å². The molecule has 154 valence electrons. The summed E-state index contributed by atoms with van der Waals surface area (Å²) in [6.45, 7) is -0.207. The van der Waals surface area contributed by atoms with Crippen molar-refractivity contribution in [2.24, 2.45) is 0 Å². The molecule has 3 aromatic rings. The van der Waals surface area contributed by atoms with E-state index in [9.17, 15) is 18.0 Å². The number of fused-ring (bicyclic) bond motifs is 2. The summed E-state index contributed by atoms with van der Waals surface area (Å²) in [6, 6.07) is 9.84. The summed E-state index contributed by atoms with van der Waals surface area (Å²) in [6.07, 6.45) is -4.48. The highest BCUT2D eigenvalue weighted by molar-refractivity contribution is 7.12. The lowest BCUT2D eigenvalue weighted by molar-refractivity contribution is -0.134.